The Morgan fingerprint density at radius 3 is 2.76 bits per heavy atom. The van der Waals surface area contributed by atoms with Crippen LogP contribution in [-0.4, -0.2) is 41.5 Å². The average Bonchev–Trinajstić information content (AvgIpc) is 2.78. The van der Waals surface area contributed by atoms with E-state index >= 15 is 0 Å². The molecule has 2 rings (SSSR count). The van der Waals surface area contributed by atoms with Crippen LogP contribution >= 0.6 is 0 Å². The summed E-state index contributed by atoms with van der Waals surface area (Å²) in [6, 6.07) is 1.85. The number of nitrogens with zero attached hydrogens (tertiary/aromatic N) is 2. The predicted octanol–water partition coefficient (Wildman–Crippen LogP) is 0.748. The number of amides is 1. The van der Waals surface area contributed by atoms with Crippen molar-refractivity contribution in [3.8, 4) is 0 Å². The fourth-order valence-electron chi connectivity index (χ4n) is 2.47. The number of halogens is 3. The Balaban J connectivity index is 2.08. The van der Waals surface area contributed by atoms with Crippen LogP contribution in [0.5, 0.6) is 0 Å². The number of aromatic nitrogens is 1. The lowest BCUT2D eigenvalue weighted by molar-refractivity contribution is -0.141. The molecule has 1 aliphatic heterocycles. The van der Waals surface area contributed by atoms with Gasteiger partial charge < -0.3 is 11.1 Å². The van der Waals surface area contributed by atoms with Crippen molar-refractivity contribution in [2.24, 2.45) is 5.73 Å². The summed E-state index contributed by atoms with van der Waals surface area (Å²) in [7, 11) is 1.55. The first-order chi connectivity index (χ1) is 9.81. The number of likely N-dealkylation sites (N-methyl/N-ethyl adjacent to an activating group) is 1. The fraction of sp³-hybridized carbons (Fsp3) is 0.538. The molecule has 0 unspecified atom stereocenters. The summed E-state index contributed by atoms with van der Waals surface area (Å²) in [6.45, 7) is 0.871. The molecule has 0 saturated carbocycles. The zero-order valence-corrected chi connectivity index (χ0v) is 11.5. The molecule has 1 aromatic heterocycles. The van der Waals surface area contributed by atoms with Crippen molar-refractivity contribution in [3.05, 3.63) is 29.6 Å². The lowest BCUT2D eigenvalue weighted by Crippen LogP contribution is -2.41. The number of hydrogen-bond donors (Lipinski definition) is 2. The van der Waals surface area contributed by atoms with Crippen molar-refractivity contribution in [1.82, 2.24) is 15.2 Å². The van der Waals surface area contributed by atoms with Gasteiger partial charge in [0.1, 0.15) is 5.69 Å². The summed E-state index contributed by atoms with van der Waals surface area (Å²) < 4.78 is 37.3. The van der Waals surface area contributed by atoms with E-state index in [0.717, 1.165) is 6.07 Å². The summed E-state index contributed by atoms with van der Waals surface area (Å²) in [4.78, 5) is 17.0. The molecule has 0 bridgehead atoms. The molecule has 1 aromatic rings. The molecule has 1 saturated heterocycles. The maximum atomic E-state index is 12.4. The maximum Gasteiger partial charge on any atom is 0.433 e. The van der Waals surface area contributed by atoms with Gasteiger partial charge in [-0.15, -0.1) is 0 Å². The van der Waals surface area contributed by atoms with E-state index in [1.165, 1.54) is 12.3 Å². The van der Waals surface area contributed by atoms with Crippen LogP contribution in [0.25, 0.3) is 0 Å². The third-order valence-electron chi connectivity index (χ3n) is 3.49. The monoisotopic (exact) mass is 302 g/mol. The van der Waals surface area contributed by atoms with Gasteiger partial charge in [0.05, 0.1) is 6.04 Å². The molecule has 0 aliphatic carbocycles. The molecule has 2 heterocycles. The second-order valence-electron chi connectivity index (χ2n) is 5.10. The summed E-state index contributed by atoms with van der Waals surface area (Å²) in [5, 5.41) is 2.57. The van der Waals surface area contributed by atoms with E-state index in [9.17, 15) is 18.0 Å². The van der Waals surface area contributed by atoms with Crippen molar-refractivity contribution >= 4 is 5.91 Å². The van der Waals surface area contributed by atoms with Crippen molar-refractivity contribution in [2.45, 2.75) is 31.2 Å². The first kappa shape index (κ1) is 15.7. The van der Waals surface area contributed by atoms with Gasteiger partial charge in [-0.25, -0.2) is 0 Å². The van der Waals surface area contributed by atoms with Gasteiger partial charge in [-0.1, -0.05) is 6.07 Å². The molecular formula is C13H17F3N4O. The third kappa shape index (κ3) is 3.70. The lowest BCUT2D eigenvalue weighted by Gasteiger charge is -2.22. The van der Waals surface area contributed by atoms with E-state index in [1.54, 1.807) is 7.05 Å². The van der Waals surface area contributed by atoms with Crippen molar-refractivity contribution in [3.63, 3.8) is 0 Å². The van der Waals surface area contributed by atoms with Crippen LogP contribution in [0.1, 0.15) is 17.7 Å². The highest BCUT2D eigenvalue weighted by Crippen LogP contribution is 2.27. The molecule has 1 aliphatic rings. The predicted molar refractivity (Wildman–Crippen MR) is 70.1 cm³/mol. The maximum absolute atomic E-state index is 12.4. The quantitative estimate of drug-likeness (QED) is 0.864. The number of likely N-dealkylation sites (tertiary alicyclic amines) is 1. The number of pyridine rings is 1. The Hall–Kier alpha value is -1.67. The number of carbonyl (C=O) groups is 1. The molecule has 0 radical (unpaired) electrons. The highest BCUT2D eigenvalue weighted by molar-refractivity contribution is 5.81. The van der Waals surface area contributed by atoms with E-state index < -0.39 is 11.9 Å². The van der Waals surface area contributed by atoms with Crippen LogP contribution in [-0.2, 0) is 17.5 Å². The Labute approximate surface area is 120 Å². The number of hydrogen-bond acceptors (Lipinski definition) is 4. The Kier molecular flexibility index (Phi) is 4.48. The topological polar surface area (TPSA) is 71.2 Å². The highest BCUT2D eigenvalue weighted by atomic mass is 19.4. The molecule has 116 valence electrons. The summed E-state index contributed by atoms with van der Waals surface area (Å²) in [5.41, 5.74) is 5.55. The smallest absolute Gasteiger partial charge is 0.358 e. The minimum Gasteiger partial charge on any atom is -0.358 e. The Morgan fingerprint density at radius 1 is 1.52 bits per heavy atom. The summed E-state index contributed by atoms with van der Waals surface area (Å²) >= 11 is 0. The highest BCUT2D eigenvalue weighted by Gasteiger charge is 2.35. The number of alkyl halides is 3. The first-order valence-electron chi connectivity index (χ1n) is 6.54. The van der Waals surface area contributed by atoms with Crippen LogP contribution in [0.3, 0.4) is 0 Å². The van der Waals surface area contributed by atoms with Crippen LogP contribution < -0.4 is 11.1 Å². The number of rotatable bonds is 3. The van der Waals surface area contributed by atoms with Gasteiger partial charge in [0.15, 0.2) is 0 Å². The molecule has 3 N–H and O–H groups in total. The standard InChI is InChI=1S/C13H17F3N4O/c1-18-12(21)10-4-9(17)7-20(10)6-8-2-3-11(19-5-8)13(14,15)16/h2-3,5,9-10H,4,6-7,17H2,1H3,(H,18,21)/t9-,10+/m1/s1. The molecule has 1 fully saturated rings. The van der Waals surface area contributed by atoms with Gasteiger partial charge in [-0.05, 0) is 18.1 Å². The zero-order valence-electron chi connectivity index (χ0n) is 11.5. The zero-order chi connectivity index (χ0) is 15.6. The molecule has 5 nitrogen and oxygen atoms in total. The van der Waals surface area contributed by atoms with E-state index in [1.807, 2.05) is 4.90 Å². The second kappa shape index (κ2) is 5.98. The molecule has 2 atom stereocenters. The Bertz CT molecular complexity index is 503. The van der Waals surface area contributed by atoms with Crippen LogP contribution in [0.4, 0.5) is 13.2 Å². The minimum atomic E-state index is -4.45. The summed E-state index contributed by atoms with van der Waals surface area (Å²) in [5.74, 6) is -0.136. The Morgan fingerprint density at radius 2 is 2.24 bits per heavy atom. The summed E-state index contributed by atoms with van der Waals surface area (Å²) in [6.07, 6.45) is -2.72. The molecule has 0 spiro atoms. The van der Waals surface area contributed by atoms with Crippen molar-refractivity contribution in [2.75, 3.05) is 13.6 Å². The number of nitrogens with one attached hydrogen (secondary N) is 1. The normalized spacial score (nSPS) is 23.3. The van der Waals surface area contributed by atoms with E-state index in [0.29, 0.717) is 25.1 Å². The van der Waals surface area contributed by atoms with Gasteiger partial charge in [0.2, 0.25) is 5.91 Å². The van der Waals surface area contributed by atoms with E-state index in [4.69, 9.17) is 5.73 Å². The molecule has 1 amide bonds. The van der Waals surface area contributed by atoms with Gasteiger partial charge in [0.25, 0.3) is 0 Å². The first-order valence-corrected chi connectivity index (χ1v) is 6.54. The number of carbonyl (C=O) groups excluding carboxylic acids is 1. The van der Waals surface area contributed by atoms with Crippen molar-refractivity contribution in [1.29, 1.82) is 0 Å². The van der Waals surface area contributed by atoms with Gasteiger partial charge >= 0.3 is 6.18 Å². The average molecular weight is 302 g/mol. The van der Waals surface area contributed by atoms with Gasteiger partial charge in [-0.3, -0.25) is 14.7 Å². The van der Waals surface area contributed by atoms with Gasteiger partial charge in [-0.2, -0.15) is 13.2 Å². The van der Waals surface area contributed by atoms with Gasteiger partial charge in [0, 0.05) is 32.4 Å². The van der Waals surface area contributed by atoms with E-state index in [-0.39, 0.29) is 18.0 Å². The fourth-order valence-corrected chi connectivity index (χ4v) is 2.47. The van der Waals surface area contributed by atoms with Crippen LogP contribution in [0, 0.1) is 0 Å². The number of nitrogens with two attached hydrogens (primary N) is 1. The SMILES string of the molecule is CNC(=O)[C@@H]1C[C@@H](N)CN1Cc1ccc(C(F)(F)F)nc1. The molecule has 8 heteroatoms. The minimum absolute atomic E-state index is 0.116. The molecular weight excluding hydrogens is 285 g/mol. The van der Waals surface area contributed by atoms with Crippen LogP contribution in [0.15, 0.2) is 18.3 Å². The molecule has 21 heavy (non-hydrogen) atoms. The molecule has 0 aromatic carbocycles. The largest absolute Gasteiger partial charge is 0.433 e. The third-order valence-corrected chi connectivity index (χ3v) is 3.49. The second-order valence-corrected chi connectivity index (χ2v) is 5.10. The van der Waals surface area contributed by atoms with Crippen LogP contribution in [0.2, 0.25) is 0 Å². The van der Waals surface area contributed by atoms with E-state index in [2.05, 4.69) is 10.3 Å². The lowest BCUT2D eigenvalue weighted by atomic mass is 10.1. The van der Waals surface area contributed by atoms with Crippen molar-refractivity contribution < 1.29 is 18.0 Å².